The van der Waals surface area contributed by atoms with Crippen LogP contribution in [0, 0.1) is 6.92 Å². The number of ether oxygens (including phenoxy) is 1. The molecule has 0 unspecified atom stereocenters. The summed E-state index contributed by atoms with van der Waals surface area (Å²) < 4.78 is 121. The lowest BCUT2D eigenvalue weighted by molar-refractivity contribution is -0.350. The summed E-state index contributed by atoms with van der Waals surface area (Å²) >= 11 is 0. The van der Waals surface area contributed by atoms with Crippen LogP contribution in [0.1, 0.15) is 30.5 Å². The van der Waals surface area contributed by atoms with Crippen molar-refractivity contribution in [2.75, 3.05) is 0 Å². The summed E-state index contributed by atoms with van der Waals surface area (Å²) in [5.41, 5.74) is -7.03. The molecule has 1 aromatic rings. The maximum absolute atomic E-state index is 13.2. The van der Waals surface area contributed by atoms with Crippen LogP contribution in [0.4, 0.5) is 39.5 Å². The van der Waals surface area contributed by atoms with Crippen molar-refractivity contribution in [2.45, 2.75) is 44.9 Å². The lowest BCUT2D eigenvalue weighted by atomic mass is 9.99. The summed E-state index contributed by atoms with van der Waals surface area (Å²) in [5.74, 6) is -1.53. The van der Waals surface area contributed by atoms with E-state index in [-0.39, 0.29) is 18.1 Å². The average Bonchev–Trinajstić information content (AvgIpc) is 2.36. The first-order valence-corrected chi connectivity index (χ1v) is 6.62. The SMILES string of the molecule is C=C(C)c1cc(C)c(OC(C)(C(F)(F)F)C(F)(F)F)c(C(F)(F)F)c1. The summed E-state index contributed by atoms with van der Waals surface area (Å²) in [5, 5.41) is 0. The Morgan fingerprint density at radius 1 is 0.920 bits per heavy atom. The Hall–Kier alpha value is -1.87. The largest absolute Gasteiger partial charge is 0.468 e. The van der Waals surface area contributed by atoms with Crippen molar-refractivity contribution in [2.24, 2.45) is 0 Å². The van der Waals surface area contributed by atoms with E-state index in [1.54, 1.807) is 0 Å². The molecule has 0 amide bonds. The highest BCUT2D eigenvalue weighted by Crippen LogP contribution is 2.49. The highest BCUT2D eigenvalue weighted by atomic mass is 19.4. The minimum Gasteiger partial charge on any atom is -0.468 e. The van der Waals surface area contributed by atoms with Crippen molar-refractivity contribution >= 4 is 5.57 Å². The molecule has 1 aromatic carbocycles. The molecule has 0 fully saturated rings. The van der Waals surface area contributed by atoms with Gasteiger partial charge in [-0.3, -0.25) is 0 Å². The fourth-order valence-corrected chi connectivity index (χ4v) is 1.85. The molecule has 1 nitrogen and oxygen atoms in total. The second kappa shape index (κ2) is 6.14. The molecule has 0 heterocycles. The third-order valence-corrected chi connectivity index (χ3v) is 3.46. The van der Waals surface area contributed by atoms with Crippen LogP contribution >= 0.6 is 0 Å². The maximum Gasteiger partial charge on any atom is 0.437 e. The number of hydrogen-bond donors (Lipinski definition) is 0. The van der Waals surface area contributed by atoms with E-state index in [0.717, 1.165) is 13.0 Å². The van der Waals surface area contributed by atoms with Gasteiger partial charge >= 0.3 is 18.5 Å². The third-order valence-electron chi connectivity index (χ3n) is 3.46. The van der Waals surface area contributed by atoms with Crippen molar-refractivity contribution in [3.05, 3.63) is 35.4 Å². The van der Waals surface area contributed by atoms with Crippen molar-refractivity contribution in [1.82, 2.24) is 0 Å². The number of rotatable bonds is 3. The van der Waals surface area contributed by atoms with Gasteiger partial charge in [-0.1, -0.05) is 12.2 Å². The Morgan fingerprint density at radius 2 is 1.36 bits per heavy atom. The zero-order valence-corrected chi connectivity index (χ0v) is 13.2. The van der Waals surface area contributed by atoms with E-state index in [0.29, 0.717) is 6.07 Å². The smallest absolute Gasteiger partial charge is 0.437 e. The molecule has 1 rings (SSSR count). The van der Waals surface area contributed by atoms with Gasteiger partial charge in [0.25, 0.3) is 5.60 Å². The molecule has 25 heavy (non-hydrogen) atoms. The molecule has 0 saturated heterocycles. The zero-order valence-electron chi connectivity index (χ0n) is 13.2. The molecule has 0 N–H and O–H groups in total. The van der Waals surface area contributed by atoms with Crippen LogP contribution in [0.5, 0.6) is 5.75 Å². The van der Waals surface area contributed by atoms with E-state index in [1.165, 1.54) is 6.92 Å². The highest BCUT2D eigenvalue weighted by Gasteiger charge is 2.70. The first-order chi connectivity index (χ1) is 10.9. The van der Waals surface area contributed by atoms with Crippen LogP contribution in [0.3, 0.4) is 0 Å². The van der Waals surface area contributed by atoms with Crippen LogP contribution in [0.25, 0.3) is 5.57 Å². The molecule has 0 radical (unpaired) electrons. The van der Waals surface area contributed by atoms with E-state index in [4.69, 9.17) is 0 Å². The van der Waals surface area contributed by atoms with Crippen LogP contribution in [-0.2, 0) is 6.18 Å². The van der Waals surface area contributed by atoms with Crippen LogP contribution < -0.4 is 4.74 Å². The quantitative estimate of drug-likeness (QED) is 0.559. The molecule has 0 aliphatic rings. The minimum absolute atomic E-state index is 0.0853. The monoisotopic (exact) mass is 380 g/mol. The van der Waals surface area contributed by atoms with E-state index in [2.05, 4.69) is 11.3 Å². The second-order valence-electron chi connectivity index (χ2n) is 5.58. The lowest BCUT2D eigenvalue weighted by Gasteiger charge is -2.35. The topological polar surface area (TPSA) is 9.23 Å². The molecule has 0 saturated carbocycles. The Labute approximate surface area is 137 Å². The number of halogens is 9. The first-order valence-electron chi connectivity index (χ1n) is 6.62. The van der Waals surface area contributed by atoms with Gasteiger partial charge in [0.1, 0.15) is 5.75 Å². The Balaban J connectivity index is 3.69. The summed E-state index contributed by atoms with van der Waals surface area (Å²) in [6, 6.07) is 1.37. The Morgan fingerprint density at radius 3 is 1.68 bits per heavy atom. The molecule has 10 heteroatoms. The van der Waals surface area contributed by atoms with E-state index >= 15 is 0 Å². The standard InChI is InChI=1S/C15H13F9O/c1-7(2)9-5-8(3)11(10(6-9)13(16,17)18)25-12(4,14(19,20)21)15(22,23)24/h5-6H,1H2,2-4H3. The number of alkyl halides is 9. The predicted octanol–water partition coefficient (Wildman–Crippen LogP) is 6.31. The molecule has 0 aliphatic carbocycles. The molecule has 0 aromatic heterocycles. The van der Waals surface area contributed by atoms with Crippen molar-refractivity contribution in [1.29, 1.82) is 0 Å². The fourth-order valence-electron chi connectivity index (χ4n) is 1.85. The van der Waals surface area contributed by atoms with Gasteiger partial charge in [-0.15, -0.1) is 0 Å². The van der Waals surface area contributed by atoms with Gasteiger partial charge in [0, 0.05) is 0 Å². The van der Waals surface area contributed by atoms with Gasteiger partial charge in [-0.2, -0.15) is 39.5 Å². The predicted molar refractivity (Wildman–Crippen MR) is 72.0 cm³/mol. The van der Waals surface area contributed by atoms with Crippen molar-refractivity contribution in [3.8, 4) is 5.75 Å². The summed E-state index contributed by atoms with van der Waals surface area (Å²) in [6.07, 6.45) is -17.2. The first kappa shape index (κ1) is 21.2. The average molecular weight is 380 g/mol. The van der Waals surface area contributed by atoms with E-state index in [9.17, 15) is 39.5 Å². The number of aryl methyl sites for hydroxylation is 1. The number of hydrogen-bond acceptors (Lipinski definition) is 1. The molecule has 0 bridgehead atoms. The Bertz CT molecular complexity index is 651. The van der Waals surface area contributed by atoms with Crippen LogP contribution in [-0.4, -0.2) is 18.0 Å². The Kier molecular flexibility index (Phi) is 5.20. The fraction of sp³-hybridized carbons (Fsp3) is 0.467. The molecule has 0 spiro atoms. The molecule has 0 aliphatic heterocycles. The summed E-state index contributed by atoms with van der Waals surface area (Å²) in [7, 11) is 0. The van der Waals surface area contributed by atoms with Crippen LogP contribution in [0.2, 0.25) is 0 Å². The zero-order chi connectivity index (χ0) is 20.0. The summed E-state index contributed by atoms with van der Waals surface area (Å²) in [6.45, 7) is 5.30. The lowest BCUT2D eigenvalue weighted by Crippen LogP contribution is -2.59. The van der Waals surface area contributed by atoms with Gasteiger partial charge in [-0.05, 0) is 44.0 Å². The highest BCUT2D eigenvalue weighted by molar-refractivity contribution is 5.65. The second-order valence-corrected chi connectivity index (χ2v) is 5.58. The summed E-state index contributed by atoms with van der Waals surface area (Å²) in [4.78, 5) is 0. The van der Waals surface area contributed by atoms with Gasteiger partial charge in [0.2, 0.25) is 0 Å². The minimum atomic E-state index is -5.99. The third kappa shape index (κ3) is 4.04. The molecule has 142 valence electrons. The molecule has 0 atom stereocenters. The molecular weight excluding hydrogens is 367 g/mol. The van der Waals surface area contributed by atoms with Gasteiger partial charge in [-0.25, -0.2) is 0 Å². The number of benzene rings is 1. The van der Waals surface area contributed by atoms with Crippen LogP contribution in [0.15, 0.2) is 18.7 Å². The number of allylic oxidation sites excluding steroid dienone is 1. The van der Waals surface area contributed by atoms with Gasteiger partial charge in [0.05, 0.1) is 5.56 Å². The molecular formula is C15H13F9O. The maximum atomic E-state index is 13.2. The van der Waals surface area contributed by atoms with Crippen molar-refractivity contribution in [3.63, 3.8) is 0 Å². The van der Waals surface area contributed by atoms with Gasteiger partial charge < -0.3 is 4.74 Å². The van der Waals surface area contributed by atoms with E-state index in [1.807, 2.05) is 0 Å². The van der Waals surface area contributed by atoms with Crippen molar-refractivity contribution < 1.29 is 44.3 Å². The van der Waals surface area contributed by atoms with E-state index < -0.39 is 41.0 Å². The van der Waals surface area contributed by atoms with Gasteiger partial charge in [0.15, 0.2) is 0 Å². The normalized spacial score (nSPS) is 13.8.